The fourth-order valence-electron chi connectivity index (χ4n) is 1.62. The third kappa shape index (κ3) is 4.10. The molecule has 6 heteroatoms. The quantitative estimate of drug-likeness (QED) is 0.877. The van der Waals surface area contributed by atoms with Crippen LogP contribution in [0, 0.1) is 12.7 Å². The minimum Gasteiger partial charge on any atom is -0.452 e. The van der Waals surface area contributed by atoms with Crippen molar-refractivity contribution in [2.75, 3.05) is 11.9 Å². The van der Waals surface area contributed by atoms with Gasteiger partial charge in [-0.1, -0.05) is 6.07 Å². The Kier molecular flexibility index (Phi) is 4.61. The van der Waals surface area contributed by atoms with Crippen LogP contribution in [0.5, 0.6) is 0 Å². The van der Waals surface area contributed by atoms with E-state index in [1.807, 2.05) is 0 Å². The molecule has 0 radical (unpaired) electrons. The van der Waals surface area contributed by atoms with E-state index in [4.69, 9.17) is 4.74 Å². The van der Waals surface area contributed by atoms with Crippen molar-refractivity contribution < 1.29 is 18.7 Å². The maximum Gasteiger partial charge on any atom is 0.340 e. The van der Waals surface area contributed by atoms with Crippen molar-refractivity contribution in [1.82, 2.24) is 4.98 Å². The number of halogens is 1. The number of carbonyl (C=O) groups is 2. The normalized spacial score (nSPS) is 10.0. The van der Waals surface area contributed by atoms with Crippen LogP contribution in [-0.2, 0) is 9.53 Å². The van der Waals surface area contributed by atoms with Crippen molar-refractivity contribution in [2.45, 2.75) is 6.92 Å². The summed E-state index contributed by atoms with van der Waals surface area (Å²) in [4.78, 5) is 27.0. The van der Waals surface area contributed by atoms with Gasteiger partial charge < -0.3 is 10.1 Å². The summed E-state index contributed by atoms with van der Waals surface area (Å²) < 4.78 is 18.3. The first-order valence-electron chi connectivity index (χ1n) is 6.19. The van der Waals surface area contributed by atoms with Crippen molar-refractivity contribution in [3.05, 3.63) is 59.7 Å². The lowest BCUT2D eigenvalue weighted by Crippen LogP contribution is -2.21. The van der Waals surface area contributed by atoms with E-state index in [-0.39, 0.29) is 11.3 Å². The lowest BCUT2D eigenvalue weighted by molar-refractivity contribution is -0.119. The van der Waals surface area contributed by atoms with Crippen LogP contribution in [0.1, 0.15) is 15.9 Å². The third-order valence-corrected chi connectivity index (χ3v) is 2.63. The number of benzene rings is 1. The molecular weight excluding hydrogens is 275 g/mol. The lowest BCUT2D eigenvalue weighted by Gasteiger charge is -2.08. The Morgan fingerprint density at radius 3 is 2.86 bits per heavy atom. The van der Waals surface area contributed by atoms with Crippen LogP contribution in [0.15, 0.2) is 42.7 Å². The van der Waals surface area contributed by atoms with Crippen molar-refractivity contribution in [1.29, 1.82) is 0 Å². The standard InChI is InChI=1S/C15H13FN2O3/c1-10-4-5-12(16)13(7-10)18-14(19)9-21-15(20)11-3-2-6-17-8-11/h2-8H,9H2,1H3,(H,18,19). The smallest absolute Gasteiger partial charge is 0.340 e. The van der Waals surface area contributed by atoms with Gasteiger partial charge >= 0.3 is 5.97 Å². The van der Waals surface area contributed by atoms with Gasteiger partial charge in [-0.15, -0.1) is 0 Å². The summed E-state index contributed by atoms with van der Waals surface area (Å²) in [6.45, 7) is 1.28. The maximum atomic E-state index is 13.5. The molecule has 1 amide bonds. The number of nitrogens with zero attached hydrogens (tertiary/aromatic N) is 1. The summed E-state index contributed by atoms with van der Waals surface area (Å²) in [5.41, 5.74) is 1.10. The molecule has 5 nitrogen and oxygen atoms in total. The lowest BCUT2D eigenvalue weighted by atomic mass is 10.2. The molecule has 0 saturated carbocycles. The van der Waals surface area contributed by atoms with Crippen LogP contribution in [0.3, 0.4) is 0 Å². The van der Waals surface area contributed by atoms with E-state index < -0.39 is 24.3 Å². The third-order valence-electron chi connectivity index (χ3n) is 2.63. The maximum absolute atomic E-state index is 13.5. The largest absolute Gasteiger partial charge is 0.452 e. The number of aryl methyl sites for hydroxylation is 1. The van der Waals surface area contributed by atoms with Crippen LogP contribution in [0.25, 0.3) is 0 Å². The zero-order valence-electron chi connectivity index (χ0n) is 11.3. The predicted molar refractivity (Wildman–Crippen MR) is 74.3 cm³/mol. The van der Waals surface area contributed by atoms with Gasteiger partial charge in [0.15, 0.2) is 6.61 Å². The number of pyridine rings is 1. The predicted octanol–water partition coefficient (Wildman–Crippen LogP) is 2.32. The topological polar surface area (TPSA) is 68.3 Å². The highest BCUT2D eigenvalue weighted by Crippen LogP contribution is 2.15. The average molecular weight is 288 g/mol. The second-order valence-corrected chi connectivity index (χ2v) is 4.35. The Morgan fingerprint density at radius 1 is 1.33 bits per heavy atom. The highest BCUT2D eigenvalue weighted by molar-refractivity contribution is 5.95. The molecule has 2 rings (SSSR count). The Labute approximate surface area is 120 Å². The Balaban J connectivity index is 1.91. The second-order valence-electron chi connectivity index (χ2n) is 4.35. The fourth-order valence-corrected chi connectivity index (χ4v) is 1.62. The first kappa shape index (κ1) is 14.6. The molecule has 0 fully saturated rings. The van der Waals surface area contributed by atoms with Gasteiger partial charge in [0.2, 0.25) is 0 Å². The average Bonchev–Trinajstić information content (AvgIpc) is 2.49. The molecule has 1 N–H and O–H groups in total. The first-order chi connectivity index (χ1) is 10.1. The zero-order chi connectivity index (χ0) is 15.2. The number of nitrogens with one attached hydrogen (secondary N) is 1. The van der Waals surface area contributed by atoms with Crippen LogP contribution in [-0.4, -0.2) is 23.5 Å². The molecule has 0 aliphatic carbocycles. The summed E-state index contributed by atoms with van der Waals surface area (Å²) >= 11 is 0. The molecular formula is C15H13FN2O3. The van der Waals surface area contributed by atoms with Crippen molar-refractivity contribution >= 4 is 17.6 Å². The second kappa shape index (κ2) is 6.60. The molecule has 0 atom stereocenters. The van der Waals surface area contributed by atoms with Gasteiger partial charge in [0.25, 0.3) is 5.91 Å². The Morgan fingerprint density at radius 2 is 2.14 bits per heavy atom. The highest BCUT2D eigenvalue weighted by atomic mass is 19.1. The van der Waals surface area contributed by atoms with Gasteiger partial charge in [-0.05, 0) is 36.8 Å². The van der Waals surface area contributed by atoms with E-state index in [9.17, 15) is 14.0 Å². The van der Waals surface area contributed by atoms with Gasteiger partial charge in [-0.25, -0.2) is 9.18 Å². The van der Waals surface area contributed by atoms with Crippen molar-refractivity contribution in [3.8, 4) is 0 Å². The number of rotatable bonds is 4. The van der Waals surface area contributed by atoms with Gasteiger partial charge in [0.1, 0.15) is 5.82 Å². The Hall–Kier alpha value is -2.76. The fraction of sp³-hybridized carbons (Fsp3) is 0.133. The molecule has 0 spiro atoms. The van der Waals surface area contributed by atoms with Gasteiger partial charge in [0.05, 0.1) is 11.3 Å². The molecule has 0 aliphatic rings. The molecule has 0 aliphatic heterocycles. The number of hydrogen-bond acceptors (Lipinski definition) is 4. The molecule has 2 aromatic rings. The van der Waals surface area contributed by atoms with Crippen molar-refractivity contribution in [3.63, 3.8) is 0 Å². The molecule has 1 heterocycles. The summed E-state index contributed by atoms with van der Waals surface area (Å²) in [5, 5.41) is 2.35. The minimum absolute atomic E-state index is 0.0532. The van der Waals surface area contributed by atoms with E-state index in [1.165, 1.54) is 30.6 Å². The van der Waals surface area contributed by atoms with Crippen LogP contribution in [0.2, 0.25) is 0 Å². The van der Waals surface area contributed by atoms with Gasteiger partial charge in [-0.3, -0.25) is 9.78 Å². The number of hydrogen-bond donors (Lipinski definition) is 1. The van der Waals surface area contributed by atoms with Crippen molar-refractivity contribution in [2.24, 2.45) is 0 Å². The number of anilines is 1. The highest BCUT2D eigenvalue weighted by Gasteiger charge is 2.11. The molecule has 1 aromatic heterocycles. The molecule has 0 unspecified atom stereocenters. The van der Waals surface area contributed by atoms with Crippen LogP contribution < -0.4 is 5.32 Å². The number of amides is 1. The van der Waals surface area contributed by atoms with E-state index in [2.05, 4.69) is 10.3 Å². The molecule has 21 heavy (non-hydrogen) atoms. The van der Waals surface area contributed by atoms with E-state index in [0.29, 0.717) is 0 Å². The van der Waals surface area contributed by atoms with Gasteiger partial charge in [-0.2, -0.15) is 0 Å². The van der Waals surface area contributed by atoms with Gasteiger partial charge in [0, 0.05) is 12.4 Å². The van der Waals surface area contributed by atoms with Crippen LogP contribution in [0.4, 0.5) is 10.1 Å². The zero-order valence-corrected chi connectivity index (χ0v) is 11.3. The van der Waals surface area contributed by atoms with E-state index >= 15 is 0 Å². The number of carbonyl (C=O) groups excluding carboxylic acids is 2. The summed E-state index contributed by atoms with van der Waals surface area (Å²) in [6.07, 6.45) is 2.85. The number of esters is 1. The summed E-state index contributed by atoms with van der Waals surface area (Å²) in [7, 11) is 0. The molecule has 0 bridgehead atoms. The minimum atomic E-state index is -0.664. The Bertz CT molecular complexity index is 659. The summed E-state index contributed by atoms with van der Waals surface area (Å²) in [5.74, 6) is -1.83. The molecule has 108 valence electrons. The monoisotopic (exact) mass is 288 g/mol. The number of aromatic nitrogens is 1. The number of ether oxygens (including phenoxy) is 1. The summed E-state index contributed by atoms with van der Waals surface area (Å²) in [6, 6.07) is 7.45. The van der Waals surface area contributed by atoms with Crippen LogP contribution >= 0.6 is 0 Å². The molecule has 1 aromatic carbocycles. The first-order valence-corrected chi connectivity index (χ1v) is 6.19. The molecule has 0 saturated heterocycles. The van der Waals surface area contributed by atoms with E-state index in [0.717, 1.165) is 5.56 Å². The van der Waals surface area contributed by atoms with E-state index in [1.54, 1.807) is 19.1 Å². The SMILES string of the molecule is Cc1ccc(F)c(NC(=O)COC(=O)c2cccnc2)c1.